The van der Waals surface area contributed by atoms with Crippen molar-refractivity contribution in [1.82, 2.24) is 15.3 Å². The normalized spacial score (nSPS) is 14.0. The zero-order chi connectivity index (χ0) is 23.2. The number of hydrogen-bond donors (Lipinski definition) is 2. The Bertz CT molecular complexity index is 1220. The third-order valence-electron chi connectivity index (χ3n) is 5.83. The molecule has 8 heteroatoms. The van der Waals surface area contributed by atoms with Crippen LogP contribution in [-0.2, 0) is 17.7 Å². The Balaban J connectivity index is 1.20. The summed E-state index contributed by atoms with van der Waals surface area (Å²) in [5.74, 6) is 1.57. The average molecular weight is 478 g/mol. The van der Waals surface area contributed by atoms with Crippen molar-refractivity contribution in [3.8, 4) is 0 Å². The van der Waals surface area contributed by atoms with Gasteiger partial charge in [0.1, 0.15) is 5.69 Å². The van der Waals surface area contributed by atoms with Gasteiger partial charge in [0.05, 0.1) is 25.3 Å². The maximum absolute atomic E-state index is 6.22. The van der Waals surface area contributed by atoms with Gasteiger partial charge in [-0.1, -0.05) is 41.9 Å². The van der Waals surface area contributed by atoms with E-state index in [1.165, 1.54) is 5.56 Å². The zero-order valence-electron chi connectivity index (χ0n) is 19.0. The second-order valence-corrected chi connectivity index (χ2v) is 8.68. The maximum atomic E-state index is 6.22. The molecule has 0 aliphatic carbocycles. The number of halogens is 1. The first-order valence-electron chi connectivity index (χ1n) is 11.6. The fraction of sp³-hybridized carbons (Fsp3) is 0.308. The summed E-state index contributed by atoms with van der Waals surface area (Å²) in [5, 5.41) is 8.66. The molecule has 0 spiro atoms. The number of hydrogen-bond acceptors (Lipinski definition) is 7. The molecule has 34 heavy (non-hydrogen) atoms. The lowest BCUT2D eigenvalue weighted by atomic mass is 10.1. The highest BCUT2D eigenvalue weighted by Gasteiger charge is 2.21. The topological polar surface area (TPSA) is 75.5 Å². The van der Waals surface area contributed by atoms with Crippen LogP contribution in [0.15, 0.2) is 65.2 Å². The highest BCUT2D eigenvalue weighted by molar-refractivity contribution is 6.31. The molecule has 2 N–H and O–H groups in total. The first-order valence-corrected chi connectivity index (χ1v) is 12.0. The van der Waals surface area contributed by atoms with Crippen molar-refractivity contribution >= 4 is 34.1 Å². The van der Waals surface area contributed by atoms with Crippen LogP contribution in [-0.4, -0.2) is 49.4 Å². The molecular formula is C26H28ClN5O2. The number of benzene rings is 2. The first kappa shape index (κ1) is 22.7. The van der Waals surface area contributed by atoms with Crippen molar-refractivity contribution in [2.45, 2.75) is 13.0 Å². The number of oxazole rings is 1. The fourth-order valence-electron chi connectivity index (χ4n) is 4.14. The summed E-state index contributed by atoms with van der Waals surface area (Å²) in [5.41, 5.74) is 4.12. The molecule has 0 unspecified atom stereocenters. The third kappa shape index (κ3) is 5.50. The van der Waals surface area contributed by atoms with Crippen LogP contribution in [0.3, 0.4) is 0 Å². The Morgan fingerprint density at radius 2 is 1.85 bits per heavy atom. The fourth-order valence-corrected chi connectivity index (χ4v) is 4.31. The van der Waals surface area contributed by atoms with E-state index in [-0.39, 0.29) is 0 Å². The average Bonchev–Trinajstić information content (AvgIpc) is 3.27. The summed E-state index contributed by atoms with van der Waals surface area (Å²) in [4.78, 5) is 11.5. The molecule has 2 aromatic carbocycles. The van der Waals surface area contributed by atoms with E-state index in [2.05, 4.69) is 44.8 Å². The molecular weight excluding hydrogens is 450 g/mol. The Hall–Kier alpha value is -3.13. The van der Waals surface area contributed by atoms with Gasteiger partial charge in [0, 0.05) is 54.9 Å². The molecule has 1 aliphatic heterocycles. The highest BCUT2D eigenvalue weighted by Crippen LogP contribution is 2.26. The predicted molar refractivity (Wildman–Crippen MR) is 136 cm³/mol. The smallest absolute Gasteiger partial charge is 0.220 e. The van der Waals surface area contributed by atoms with Crippen LogP contribution in [0.1, 0.15) is 17.1 Å². The number of ether oxygens (including phenoxy) is 1. The van der Waals surface area contributed by atoms with E-state index in [4.69, 9.17) is 25.7 Å². The molecule has 0 radical (unpaired) electrons. The Morgan fingerprint density at radius 3 is 2.71 bits per heavy atom. The van der Waals surface area contributed by atoms with Crippen LogP contribution in [0.25, 0.3) is 10.9 Å². The SMILES string of the molecule is Clc1ccc2c(NCCNCc3nc(Cc4ccccc4)c(N4CCOCC4)o3)ccnc2c1. The lowest BCUT2D eigenvalue weighted by molar-refractivity contribution is 0.120. The molecule has 1 aliphatic rings. The summed E-state index contributed by atoms with van der Waals surface area (Å²) >= 11 is 6.09. The molecule has 4 aromatic rings. The predicted octanol–water partition coefficient (Wildman–Crippen LogP) is 4.51. The zero-order valence-corrected chi connectivity index (χ0v) is 19.7. The second-order valence-electron chi connectivity index (χ2n) is 8.24. The molecule has 3 heterocycles. The van der Waals surface area contributed by atoms with Gasteiger partial charge < -0.3 is 24.7 Å². The lowest BCUT2D eigenvalue weighted by Gasteiger charge is -2.26. The monoisotopic (exact) mass is 477 g/mol. The van der Waals surface area contributed by atoms with E-state index >= 15 is 0 Å². The van der Waals surface area contributed by atoms with Crippen LogP contribution in [0, 0.1) is 0 Å². The molecule has 176 valence electrons. The number of pyridine rings is 1. The number of morpholine rings is 1. The van der Waals surface area contributed by atoms with Gasteiger partial charge in [-0.15, -0.1) is 0 Å². The summed E-state index contributed by atoms with van der Waals surface area (Å²) in [6.07, 6.45) is 2.54. The second kappa shape index (κ2) is 10.9. The van der Waals surface area contributed by atoms with Gasteiger partial charge in [0.2, 0.25) is 11.8 Å². The maximum Gasteiger partial charge on any atom is 0.220 e. The molecule has 1 fully saturated rings. The number of aromatic nitrogens is 2. The Labute approximate surface area is 204 Å². The summed E-state index contributed by atoms with van der Waals surface area (Å²) in [7, 11) is 0. The molecule has 0 atom stereocenters. The largest absolute Gasteiger partial charge is 0.423 e. The van der Waals surface area contributed by atoms with Crippen LogP contribution >= 0.6 is 11.6 Å². The van der Waals surface area contributed by atoms with Gasteiger partial charge in [0.25, 0.3) is 0 Å². The molecule has 0 saturated carbocycles. The van der Waals surface area contributed by atoms with Gasteiger partial charge in [0.15, 0.2) is 0 Å². The molecule has 5 rings (SSSR count). The quantitative estimate of drug-likeness (QED) is 0.343. The van der Waals surface area contributed by atoms with Crippen LogP contribution in [0.4, 0.5) is 11.6 Å². The van der Waals surface area contributed by atoms with E-state index < -0.39 is 0 Å². The van der Waals surface area contributed by atoms with Gasteiger partial charge in [-0.05, 0) is 29.8 Å². The van der Waals surface area contributed by atoms with Gasteiger partial charge >= 0.3 is 0 Å². The number of anilines is 2. The minimum atomic E-state index is 0.570. The summed E-state index contributed by atoms with van der Waals surface area (Å²) in [6, 6.07) is 18.1. The Morgan fingerprint density at radius 1 is 1.00 bits per heavy atom. The van der Waals surface area contributed by atoms with Crippen molar-refractivity contribution in [2.75, 3.05) is 49.6 Å². The van der Waals surface area contributed by atoms with Crippen molar-refractivity contribution in [1.29, 1.82) is 0 Å². The Kier molecular flexibility index (Phi) is 7.24. The van der Waals surface area contributed by atoms with Crippen LogP contribution in [0.2, 0.25) is 5.02 Å². The third-order valence-corrected chi connectivity index (χ3v) is 6.07. The molecule has 0 bridgehead atoms. The van der Waals surface area contributed by atoms with E-state index in [1.54, 1.807) is 6.20 Å². The highest BCUT2D eigenvalue weighted by atomic mass is 35.5. The van der Waals surface area contributed by atoms with Crippen LogP contribution in [0.5, 0.6) is 0 Å². The van der Waals surface area contributed by atoms with E-state index in [0.29, 0.717) is 30.7 Å². The van der Waals surface area contributed by atoms with Crippen LogP contribution < -0.4 is 15.5 Å². The standard InChI is InChI=1S/C26H28ClN5O2/c27-20-6-7-21-22(8-9-29-23(21)17-20)30-11-10-28-18-25-31-24(16-19-4-2-1-3-5-19)26(34-25)32-12-14-33-15-13-32/h1-9,17,28H,10-16,18H2,(H,29,30). The number of rotatable bonds is 9. The molecule has 7 nitrogen and oxygen atoms in total. The van der Waals surface area contributed by atoms with E-state index in [9.17, 15) is 0 Å². The summed E-state index contributed by atoms with van der Waals surface area (Å²) in [6.45, 7) is 5.15. The van der Waals surface area contributed by atoms with Gasteiger partial charge in [-0.3, -0.25) is 4.98 Å². The van der Waals surface area contributed by atoms with E-state index in [1.807, 2.05) is 30.3 Å². The van der Waals surface area contributed by atoms with Crippen molar-refractivity contribution < 1.29 is 9.15 Å². The molecule has 0 amide bonds. The lowest BCUT2D eigenvalue weighted by Crippen LogP contribution is -2.36. The molecule has 2 aromatic heterocycles. The summed E-state index contributed by atoms with van der Waals surface area (Å²) < 4.78 is 11.7. The van der Waals surface area contributed by atoms with E-state index in [0.717, 1.165) is 60.8 Å². The van der Waals surface area contributed by atoms with Gasteiger partial charge in [-0.2, -0.15) is 0 Å². The van der Waals surface area contributed by atoms with Crippen molar-refractivity contribution in [3.63, 3.8) is 0 Å². The number of nitrogens with zero attached hydrogens (tertiary/aromatic N) is 3. The number of nitrogens with one attached hydrogen (secondary N) is 2. The minimum absolute atomic E-state index is 0.570. The first-order chi connectivity index (χ1) is 16.8. The minimum Gasteiger partial charge on any atom is -0.423 e. The number of fused-ring (bicyclic) bond motifs is 1. The van der Waals surface area contributed by atoms with Crippen molar-refractivity contribution in [3.05, 3.63) is 83.0 Å². The van der Waals surface area contributed by atoms with Crippen molar-refractivity contribution in [2.24, 2.45) is 0 Å². The molecule has 1 saturated heterocycles. The van der Waals surface area contributed by atoms with Gasteiger partial charge in [-0.25, -0.2) is 4.98 Å².